The highest BCUT2D eigenvalue weighted by Crippen LogP contribution is 2.26. The smallest absolute Gasteiger partial charge is 0.245 e. The molecular weight excluding hydrogens is 382 g/mol. The first-order valence-corrected chi connectivity index (χ1v) is 10.2. The van der Waals surface area contributed by atoms with Crippen LogP contribution in [0.15, 0.2) is 48.5 Å². The molecule has 30 heavy (non-hydrogen) atoms. The number of fused-ring (bicyclic) bond motifs is 1. The summed E-state index contributed by atoms with van der Waals surface area (Å²) >= 11 is 0. The molecule has 1 aromatic heterocycles. The number of unbranched alkanes of at least 4 members (excludes halogenated alkanes) is 1. The molecule has 0 unspecified atom stereocenters. The van der Waals surface area contributed by atoms with Gasteiger partial charge in [-0.05, 0) is 37.1 Å². The van der Waals surface area contributed by atoms with Gasteiger partial charge in [-0.3, -0.25) is 4.79 Å². The summed E-state index contributed by atoms with van der Waals surface area (Å²) in [7, 11) is 3.15. The second-order valence-electron chi connectivity index (χ2n) is 6.91. The third-order valence-electron chi connectivity index (χ3n) is 4.78. The first-order chi connectivity index (χ1) is 14.7. The molecule has 0 radical (unpaired) electrons. The summed E-state index contributed by atoms with van der Waals surface area (Å²) in [6.07, 6.45) is 2.54. The number of rotatable bonds is 12. The van der Waals surface area contributed by atoms with Crippen LogP contribution in [0.1, 0.15) is 18.7 Å². The Morgan fingerprint density at radius 1 is 1.03 bits per heavy atom. The molecule has 160 valence electrons. The van der Waals surface area contributed by atoms with Crippen LogP contribution >= 0.6 is 0 Å². The van der Waals surface area contributed by atoms with Gasteiger partial charge in [-0.1, -0.05) is 24.3 Å². The maximum Gasteiger partial charge on any atom is 0.245 e. The van der Waals surface area contributed by atoms with Crippen LogP contribution in [-0.4, -0.2) is 49.4 Å². The van der Waals surface area contributed by atoms with E-state index in [4.69, 9.17) is 19.2 Å². The number of ether oxygens (including phenoxy) is 3. The minimum atomic E-state index is -0.117. The minimum absolute atomic E-state index is 0.0720. The van der Waals surface area contributed by atoms with Gasteiger partial charge in [-0.2, -0.15) is 0 Å². The van der Waals surface area contributed by atoms with E-state index in [9.17, 15) is 4.79 Å². The number of amides is 1. The average Bonchev–Trinajstić information content (AvgIpc) is 3.11. The Labute approximate surface area is 177 Å². The van der Waals surface area contributed by atoms with Gasteiger partial charge in [-0.15, -0.1) is 0 Å². The molecule has 0 aliphatic rings. The van der Waals surface area contributed by atoms with Crippen molar-refractivity contribution in [3.63, 3.8) is 0 Å². The highest BCUT2D eigenvalue weighted by Gasteiger charge is 2.11. The number of aryl methyl sites for hydroxylation is 1. The SMILES string of the molecule is COCC(=O)NCCc1nc2ccccc2n1CCCCOc1ccccc1OC. The normalized spacial score (nSPS) is 10.9. The van der Waals surface area contributed by atoms with Crippen molar-refractivity contribution in [2.75, 3.05) is 34.0 Å². The number of aromatic nitrogens is 2. The summed E-state index contributed by atoms with van der Waals surface area (Å²) in [6.45, 7) is 2.07. The van der Waals surface area contributed by atoms with Crippen molar-refractivity contribution < 1.29 is 19.0 Å². The Morgan fingerprint density at radius 3 is 2.60 bits per heavy atom. The fourth-order valence-electron chi connectivity index (χ4n) is 3.35. The molecule has 0 fully saturated rings. The first kappa shape index (κ1) is 21.6. The van der Waals surface area contributed by atoms with E-state index in [2.05, 4.69) is 16.0 Å². The second-order valence-corrected chi connectivity index (χ2v) is 6.91. The predicted molar refractivity (Wildman–Crippen MR) is 116 cm³/mol. The fourth-order valence-corrected chi connectivity index (χ4v) is 3.35. The predicted octanol–water partition coefficient (Wildman–Crippen LogP) is 3.21. The molecule has 1 N–H and O–H groups in total. The van der Waals surface area contributed by atoms with Crippen LogP contribution < -0.4 is 14.8 Å². The Balaban J connectivity index is 1.55. The number of para-hydroxylation sites is 4. The molecular formula is C23H29N3O4. The van der Waals surface area contributed by atoms with E-state index >= 15 is 0 Å². The summed E-state index contributed by atoms with van der Waals surface area (Å²) in [4.78, 5) is 16.4. The highest BCUT2D eigenvalue weighted by atomic mass is 16.5. The Morgan fingerprint density at radius 2 is 1.80 bits per heavy atom. The van der Waals surface area contributed by atoms with Crippen molar-refractivity contribution in [2.45, 2.75) is 25.8 Å². The van der Waals surface area contributed by atoms with Gasteiger partial charge in [0, 0.05) is 26.6 Å². The van der Waals surface area contributed by atoms with Crippen LogP contribution in [0.5, 0.6) is 11.5 Å². The highest BCUT2D eigenvalue weighted by molar-refractivity contribution is 5.77. The number of nitrogens with one attached hydrogen (secondary N) is 1. The molecule has 0 saturated heterocycles. The molecule has 7 heteroatoms. The molecule has 3 rings (SSSR count). The van der Waals surface area contributed by atoms with Crippen molar-refractivity contribution in [1.82, 2.24) is 14.9 Å². The number of nitrogens with zero attached hydrogens (tertiary/aromatic N) is 2. The van der Waals surface area contributed by atoms with Crippen molar-refractivity contribution in [3.8, 4) is 11.5 Å². The fraction of sp³-hybridized carbons (Fsp3) is 0.391. The number of benzene rings is 2. The number of hydrogen-bond donors (Lipinski definition) is 1. The monoisotopic (exact) mass is 411 g/mol. The van der Waals surface area contributed by atoms with Crippen molar-refractivity contribution in [2.24, 2.45) is 0 Å². The number of hydrogen-bond acceptors (Lipinski definition) is 5. The van der Waals surface area contributed by atoms with Crippen LogP contribution in [0.4, 0.5) is 0 Å². The summed E-state index contributed by atoms with van der Waals surface area (Å²) in [5.74, 6) is 2.37. The molecule has 1 amide bonds. The topological polar surface area (TPSA) is 74.6 Å². The maximum atomic E-state index is 11.6. The molecule has 0 aliphatic heterocycles. The molecule has 3 aromatic rings. The van der Waals surface area contributed by atoms with E-state index in [0.717, 1.165) is 47.7 Å². The van der Waals surface area contributed by atoms with Crippen LogP contribution in [0.3, 0.4) is 0 Å². The molecule has 0 aliphatic carbocycles. The van der Waals surface area contributed by atoms with Gasteiger partial charge in [-0.25, -0.2) is 4.98 Å². The van der Waals surface area contributed by atoms with Crippen LogP contribution in [-0.2, 0) is 22.5 Å². The standard InChI is InChI=1S/C23H29N3O4/c1-28-17-23(27)24-14-13-22-25-18-9-3-4-10-19(18)26(22)15-7-8-16-30-21-12-6-5-11-20(21)29-2/h3-6,9-12H,7-8,13-17H2,1-2H3,(H,24,27). The molecule has 0 spiro atoms. The Hall–Kier alpha value is -3.06. The van der Waals surface area contributed by atoms with Gasteiger partial charge in [0.1, 0.15) is 12.4 Å². The Kier molecular flexibility index (Phi) is 8.09. The Bertz CT molecular complexity index is 955. The van der Waals surface area contributed by atoms with Gasteiger partial charge < -0.3 is 24.1 Å². The second kappa shape index (κ2) is 11.2. The third-order valence-corrected chi connectivity index (χ3v) is 4.78. The van der Waals surface area contributed by atoms with E-state index in [1.807, 2.05) is 42.5 Å². The summed E-state index contributed by atoms with van der Waals surface area (Å²) < 4.78 is 18.3. The maximum absolute atomic E-state index is 11.6. The average molecular weight is 412 g/mol. The molecule has 1 heterocycles. The number of methoxy groups -OCH3 is 2. The van der Waals surface area contributed by atoms with E-state index in [0.29, 0.717) is 19.6 Å². The van der Waals surface area contributed by atoms with Gasteiger partial charge in [0.25, 0.3) is 0 Å². The minimum Gasteiger partial charge on any atom is -0.493 e. The van der Waals surface area contributed by atoms with Gasteiger partial charge in [0.15, 0.2) is 11.5 Å². The van der Waals surface area contributed by atoms with Crippen molar-refractivity contribution in [3.05, 3.63) is 54.4 Å². The van der Waals surface area contributed by atoms with E-state index < -0.39 is 0 Å². The van der Waals surface area contributed by atoms with E-state index in [-0.39, 0.29) is 12.5 Å². The molecule has 7 nitrogen and oxygen atoms in total. The van der Waals surface area contributed by atoms with Crippen molar-refractivity contribution >= 4 is 16.9 Å². The summed E-state index contributed by atoms with van der Waals surface area (Å²) in [6, 6.07) is 15.8. The largest absolute Gasteiger partial charge is 0.493 e. The lowest BCUT2D eigenvalue weighted by Gasteiger charge is -2.12. The number of carbonyl (C=O) groups is 1. The summed E-state index contributed by atoms with van der Waals surface area (Å²) in [5, 5.41) is 2.86. The zero-order chi connectivity index (χ0) is 21.2. The molecule has 0 bridgehead atoms. The lowest BCUT2D eigenvalue weighted by Crippen LogP contribution is -2.29. The number of imidazole rings is 1. The van der Waals surface area contributed by atoms with Crippen LogP contribution in [0.25, 0.3) is 11.0 Å². The van der Waals surface area contributed by atoms with E-state index in [1.165, 1.54) is 7.11 Å². The van der Waals surface area contributed by atoms with Gasteiger partial charge in [0.2, 0.25) is 5.91 Å². The lowest BCUT2D eigenvalue weighted by molar-refractivity contribution is -0.124. The molecule has 2 aromatic carbocycles. The quantitative estimate of drug-likeness (QED) is 0.463. The first-order valence-electron chi connectivity index (χ1n) is 10.2. The summed E-state index contributed by atoms with van der Waals surface area (Å²) in [5.41, 5.74) is 2.09. The van der Waals surface area contributed by atoms with Crippen molar-refractivity contribution in [1.29, 1.82) is 0 Å². The zero-order valence-corrected chi connectivity index (χ0v) is 17.6. The van der Waals surface area contributed by atoms with Crippen LogP contribution in [0, 0.1) is 0 Å². The molecule has 0 saturated carbocycles. The zero-order valence-electron chi connectivity index (χ0n) is 17.6. The van der Waals surface area contributed by atoms with Crippen LogP contribution in [0.2, 0.25) is 0 Å². The van der Waals surface area contributed by atoms with Gasteiger partial charge >= 0.3 is 0 Å². The third kappa shape index (κ3) is 5.73. The lowest BCUT2D eigenvalue weighted by atomic mass is 10.2. The number of carbonyl (C=O) groups excluding carboxylic acids is 1. The molecule has 0 atom stereocenters. The van der Waals surface area contributed by atoms with E-state index in [1.54, 1.807) is 7.11 Å². The van der Waals surface area contributed by atoms with Gasteiger partial charge in [0.05, 0.1) is 24.8 Å².